The standard InChI is InChI=1S/C18H24BrN7O/c1-13-5-4-6-14(23-13)11-21-17(20-2)25-7-9-26(10-8-25)18-22-12-15(19)16(24-18)27-3/h4-6,12H,7-11H2,1-3H3,(H,20,21). The zero-order chi connectivity index (χ0) is 19.2. The Labute approximate surface area is 167 Å². The van der Waals surface area contributed by atoms with Crippen molar-refractivity contribution in [3.05, 3.63) is 40.3 Å². The summed E-state index contributed by atoms with van der Waals surface area (Å²) in [6.45, 7) is 5.95. The lowest BCUT2D eigenvalue weighted by atomic mass is 10.3. The van der Waals surface area contributed by atoms with E-state index < -0.39 is 0 Å². The van der Waals surface area contributed by atoms with E-state index in [9.17, 15) is 0 Å². The van der Waals surface area contributed by atoms with Crippen molar-refractivity contribution in [2.45, 2.75) is 13.5 Å². The summed E-state index contributed by atoms with van der Waals surface area (Å²) in [5, 5.41) is 3.40. The van der Waals surface area contributed by atoms with Crippen molar-refractivity contribution < 1.29 is 4.74 Å². The van der Waals surface area contributed by atoms with Gasteiger partial charge in [-0.25, -0.2) is 4.98 Å². The third-order valence-electron chi connectivity index (χ3n) is 4.34. The summed E-state index contributed by atoms with van der Waals surface area (Å²) in [5.74, 6) is 2.11. The summed E-state index contributed by atoms with van der Waals surface area (Å²) in [4.78, 5) is 22.2. The number of halogens is 1. The van der Waals surface area contributed by atoms with Gasteiger partial charge in [0.05, 0.1) is 30.0 Å². The molecule has 144 valence electrons. The number of pyridine rings is 1. The van der Waals surface area contributed by atoms with Gasteiger partial charge in [0.15, 0.2) is 5.96 Å². The topological polar surface area (TPSA) is 78.8 Å². The van der Waals surface area contributed by atoms with Crippen LogP contribution < -0.4 is 15.0 Å². The fraction of sp³-hybridized carbons (Fsp3) is 0.444. The van der Waals surface area contributed by atoms with E-state index in [1.807, 2.05) is 25.1 Å². The molecule has 1 aliphatic rings. The second-order valence-corrected chi connectivity index (χ2v) is 7.03. The second-order valence-electron chi connectivity index (χ2n) is 6.17. The number of guanidine groups is 1. The van der Waals surface area contributed by atoms with Crippen LogP contribution in [0.2, 0.25) is 0 Å². The van der Waals surface area contributed by atoms with Crippen LogP contribution in [0.1, 0.15) is 11.4 Å². The van der Waals surface area contributed by atoms with E-state index in [0.717, 1.165) is 48.0 Å². The number of nitrogens with one attached hydrogen (secondary N) is 1. The van der Waals surface area contributed by atoms with Crippen molar-refractivity contribution in [1.29, 1.82) is 0 Å². The fourth-order valence-electron chi connectivity index (χ4n) is 2.96. The predicted octanol–water partition coefficient (Wildman–Crippen LogP) is 1.85. The van der Waals surface area contributed by atoms with Crippen molar-refractivity contribution in [2.75, 3.05) is 45.2 Å². The van der Waals surface area contributed by atoms with Crippen molar-refractivity contribution in [2.24, 2.45) is 4.99 Å². The van der Waals surface area contributed by atoms with E-state index in [-0.39, 0.29) is 0 Å². The number of aliphatic imine (C=N–C) groups is 1. The molecule has 1 N–H and O–H groups in total. The Balaban J connectivity index is 1.57. The highest BCUT2D eigenvalue weighted by Gasteiger charge is 2.22. The van der Waals surface area contributed by atoms with Gasteiger partial charge >= 0.3 is 0 Å². The van der Waals surface area contributed by atoms with E-state index in [4.69, 9.17) is 4.74 Å². The molecule has 0 spiro atoms. The summed E-state index contributed by atoms with van der Waals surface area (Å²) in [6, 6.07) is 6.04. The number of nitrogens with zero attached hydrogens (tertiary/aromatic N) is 6. The van der Waals surface area contributed by atoms with Gasteiger partial charge in [0, 0.05) is 38.9 Å². The van der Waals surface area contributed by atoms with E-state index >= 15 is 0 Å². The molecule has 0 atom stereocenters. The Hall–Kier alpha value is -2.42. The number of rotatable bonds is 4. The molecular formula is C18H24BrN7O. The van der Waals surface area contributed by atoms with Crippen molar-refractivity contribution >= 4 is 27.8 Å². The molecule has 0 radical (unpaired) electrons. The van der Waals surface area contributed by atoms with E-state index in [2.05, 4.69) is 51.0 Å². The molecule has 0 bridgehead atoms. The van der Waals surface area contributed by atoms with Crippen LogP contribution >= 0.6 is 15.9 Å². The molecule has 1 fully saturated rings. The molecule has 8 nitrogen and oxygen atoms in total. The monoisotopic (exact) mass is 433 g/mol. The van der Waals surface area contributed by atoms with Gasteiger partial charge in [0.2, 0.25) is 11.8 Å². The van der Waals surface area contributed by atoms with Crippen LogP contribution in [0.5, 0.6) is 5.88 Å². The third-order valence-corrected chi connectivity index (χ3v) is 4.88. The first-order valence-corrected chi connectivity index (χ1v) is 9.59. The molecule has 27 heavy (non-hydrogen) atoms. The Bertz CT molecular complexity index is 806. The smallest absolute Gasteiger partial charge is 0.232 e. The molecule has 2 aromatic rings. The lowest BCUT2D eigenvalue weighted by Gasteiger charge is -2.36. The number of aryl methyl sites for hydroxylation is 1. The highest BCUT2D eigenvalue weighted by Crippen LogP contribution is 2.23. The maximum Gasteiger partial charge on any atom is 0.232 e. The number of methoxy groups -OCH3 is 1. The number of piperazine rings is 1. The maximum atomic E-state index is 5.27. The first-order valence-electron chi connectivity index (χ1n) is 8.80. The SMILES string of the molecule is CN=C(NCc1cccc(C)n1)N1CCN(c2ncc(Br)c(OC)n2)CC1. The van der Waals surface area contributed by atoms with Gasteiger partial charge in [-0.2, -0.15) is 4.98 Å². The fourth-order valence-corrected chi connectivity index (χ4v) is 3.31. The molecule has 1 saturated heterocycles. The highest BCUT2D eigenvalue weighted by atomic mass is 79.9. The first-order chi connectivity index (χ1) is 13.1. The molecule has 9 heteroatoms. The average Bonchev–Trinajstić information content (AvgIpc) is 2.69. The molecule has 3 heterocycles. The van der Waals surface area contributed by atoms with Crippen LogP contribution in [0, 0.1) is 6.92 Å². The van der Waals surface area contributed by atoms with Crippen LogP contribution in [0.15, 0.2) is 33.9 Å². The van der Waals surface area contributed by atoms with Crippen LogP contribution in [0.3, 0.4) is 0 Å². The quantitative estimate of drug-likeness (QED) is 0.581. The van der Waals surface area contributed by atoms with Gasteiger partial charge in [0.1, 0.15) is 0 Å². The summed E-state index contributed by atoms with van der Waals surface area (Å²) >= 11 is 3.39. The van der Waals surface area contributed by atoms with Crippen molar-refractivity contribution in [3.63, 3.8) is 0 Å². The first kappa shape index (κ1) is 19.3. The number of anilines is 1. The molecule has 0 saturated carbocycles. The Morgan fingerprint density at radius 1 is 1.26 bits per heavy atom. The number of hydrogen-bond acceptors (Lipinski definition) is 6. The summed E-state index contributed by atoms with van der Waals surface area (Å²) < 4.78 is 6.02. The van der Waals surface area contributed by atoms with Gasteiger partial charge in [-0.05, 0) is 35.0 Å². The minimum atomic E-state index is 0.547. The lowest BCUT2D eigenvalue weighted by Crippen LogP contribution is -2.52. The van der Waals surface area contributed by atoms with Crippen molar-refractivity contribution in [1.82, 2.24) is 25.2 Å². The van der Waals surface area contributed by atoms with E-state index in [1.165, 1.54) is 0 Å². The number of ether oxygens (including phenoxy) is 1. The molecule has 3 rings (SSSR count). The van der Waals surface area contributed by atoms with Crippen LogP contribution in [0.4, 0.5) is 5.95 Å². The van der Waals surface area contributed by atoms with Gasteiger partial charge < -0.3 is 19.9 Å². The summed E-state index contributed by atoms with van der Waals surface area (Å²) in [5.41, 5.74) is 2.02. The highest BCUT2D eigenvalue weighted by molar-refractivity contribution is 9.10. The molecule has 0 aromatic carbocycles. The van der Waals surface area contributed by atoms with Gasteiger partial charge in [-0.15, -0.1) is 0 Å². The number of hydrogen-bond donors (Lipinski definition) is 1. The van der Waals surface area contributed by atoms with Gasteiger partial charge in [-0.1, -0.05) is 6.07 Å². The van der Waals surface area contributed by atoms with Crippen LogP contribution in [-0.2, 0) is 6.54 Å². The van der Waals surface area contributed by atoms with E-state index in [1.54, 1.807) is 20.4 Å². The van der Waals surface area contributed by atoms with Crippen LogP contribution in [-0.4, -0.2) is 66.1 Å². The van der Waals surface area contributed by atoms with Crippen LogP contribution in [0.25, 0.3) is 0 Å². The zero-order valence-electron chi connectivity index (χ0n) is 15.8. The normalized spacial score (nSPS) is 15.0. The lowest BCUT2D eigenvalue weighted by molar-refractivity contribution is 0.366. The Morgan fingerprint density at radius 2 is 2.04 bits per heavy atom. The Morgan fingerprint density at radius 3 is 2.70 bits per heavy atom. The molecule has 0 amide bonds. The molecule has 0 unspecified atom stereocenters. The molecule has 0 aliphatic carbocycles. The largest absolute Gasteiger partial charge is 0.480 e. The number of aromatic nitrogens is 3. The average molecular weight is 434 g/mol. The minimum absolute atomic E-state index is 0.547. The molecular weight excluding hydrogens is 410 g/mol. The van der Waals surface area contributed by atoms with Crippen molar-refractivity contribution in [3.8, 4) is 5.88 Å². The molecule has 2 aromatic heterocycles. The predicted molar refractivity (Wildman–Crippen MR) is 109 cm³/mol. The van der Waals surface area contributed by atoms with Gasteiger partial charge in [0.25, 0.3) is 0 Å². The van der Waals surface area contributed by atoms with E-state index in [0.29, 0.717) is 18.4 Å². The second kappa shape index (κ2) is 8.98. The Kier molecular flexibility index (Phi) is 6.44. The minimum Gasteiger partial charge on any atom is -0.480 e. The summed E-state index contributed by atoms with van der Waals surface area (Å²) in [6.07, 6.45) is 1.73. The summed E-state index contributed by atoms with van der Waals surface area (Å²) in [7, 11) is 3.41. The maximum absolute atomic E-state index is 5.27. The van der Waals surface area contributed by atoms with Gasteiger partial charge in [-0.3, -0.25) is 9.98 Å². The zero-order valence-corrected chi connectivity index (χ0v) is 17.4. The third kappa shape index (κ3) is 4.85. The molecule has 1 aliphatic heterocycles.